The van der Waals surface area contributed by atoms with Gasteiger partial charge in [-0.05, 0) is 46.5 Å². The second-order valence-corrected chi connectivity index (χ2v) is 8.92. The van der Waals surface area contributed by atoms with Gasteiger partial charge in [-0.3, -0.25) is 0 Å². The Balaban J connectivity index is 1.70. The first-order valence-corrected chi connectivity index (χ1v) is 10.2. The van der Waals surface area contributed by atoms with Crippen molar-refractivity contribution in [3.63, 3.8) is 0 Å². The zero-order valence-corrected chi connectivity index (χ0v) is 17.7. The first-order valence-electron chi connectivity index (χ1n) is 10.2. The predicted octanol–water partition coefficient (Wildman–Crippen LogP) is 5.57. The Morgan fingerprint density at radius 2 is 0.867 bits per heavy atom. The fraction of sp³-hybridized carbons (Fsp3) is 0.231. The van der Waals surface area contributed by atoms with E-state index in [1.54, 1.807) is 24.8 Å². The molecule has 0 saturated heterocycles. The average molecular weight is 393 g/mol. The van der Waals surface area contributed by atoms with Gasteiger partial charge in [0.15, 0.2) is 11.6 Å². The molecule has 0 spiro atoms. The van der Waals surface area contributed by atoms with Crippen molar-refractivity contribution in [1.82, 2.24) is 19.9 Å². The third-order valence-corrected chi connectivity index (χ3v) is 6.38. The second-order valence-electron chi connectivity index (χ2n) is 8.92. The molecule has 2 aromatic carbocycles. The molecule has 0 saturated carbocycles. The quantitative estimate of drug-likeness (QED) is 0.448. The molecular formula is C26H24N4. The predicted molar refractivity (Wildman–Crippen MR) is 119 cm³/mol. The number of hydrogen-bond donors (Lipinski definition) is 0. The summed E-state index contributed by atoms with van der Waals surface area (Å²) in [6.07, 6.45) is 7.16. The summed E-state index contributed by atoms with van der Waals surface area (Å²) in [5.41, 5.74) is 7.16. The topological polar surface area (TPSA) is 51.6 Å². The minimum absolute atomic E-state index is 0.138. The zero-order valence-electron chi connectivity index (χ0n) is 17.7. The number of fused-ring (bicyclic) bond motifs is 2. The molecule has 4 aromatic rings. The summed E-state index contributed by atoms with van der Waals surface area (Å²) < 4.78 is 0. The molecule has 0 radical (unpaired) electrons. The summed E-state index contributed by atoms with van der Waals surface area (Å²) in [6.45, 7) is 9.20. The lowest BCUT2D eigenvalue weighted by Gasteiger charge is -2.44. The molecule has 2 heterocycles. The monoisotopic (exact) mass is 392 g/mol. The van der Waals surface area contributed by atoms with E-state index < -0.39 is 0 Å². The van der Waals surface area contributed by atoms with Crippen LogP contribution in [0.1, 0.15) is 49.9 Å². The van der Waals surface area contributed by atoms with Crippen LogP contribution in [0.3, 0.4) is 0 Å². The summed E-state index contributed by atoms with van der Waals surface area (Å²) in [7, 11) is 0. The van der Waals surface area contributed by atoms with Crippen molar-refractivity contribution in [3.8, 4) is 22.8 Å². The largest absolute Gasteiger partial charge is 0.237 e. The number of rotatable bonds is 2. The molecule has 0 atom stereocenters. The number of benzene rings is 2. The standard InChI is InChI=1S/C26H24N4/c1-25(2)19-9-7-18(24-29-13-6-14-30-24)16-22(19)26(3,4)20-10-8-17(15-21(20)25)23-27-11-5-12-28-23/h5-16H,1-4H3. The van der Waals surface area contributed by atoms with Crippen LogP contribution in [-0.4, -0.2) is 19.9 Å². The van der Waals surface area contributed by atoms with Crippen LogP contribution in [0.25, 0.3) is 22.8 Å². The van der Waals surface area contributed by atoms with Crippen molar-refractivity contribution in [3.05, 3.63) is 95.6 Å². The molecule has 0 aliphatic heterocycles. The van der Waals surface area contributed by atoms with Gasteiger partial charge in [0.05, 0.1) is 0 Å². The molecule has 1 aliphatic carbocycles. The maximum atomic E-state index is 4.45. The Kier molecular flexibility index (Phi) is 4.07. The van der Waals surface area contributed by atoms with E-state index in [1.807, 2.05) is 12.1 Å². The maximum Gasteiger partial charge on any atom is 0.159 e. The van der Waals surface area contributed by atoms with Gasteiger partial charge in [-0.25, -0.2) is 19.9 Å². The van der Waals surface area contributed by atoms with Gasteiger partial charge in [0.25, 0.3) is 0 Å². The van der Waals surface area contributed by atoms with Crippen LogP contribution in [0.15, 0.2) is 73.3 Å². The van der Waals surface area contributed by atoms with Gasteiger partial charge in [-0.2, -0.15) is 0 Å². The molecule has 0 unspecified atom stereocenters. The molecule has 148 valence electrons. The normalized spacial score (nSPS) is 15.9. The van der Waals surface area contributed by atoms with Crippen molar-refractivity contribution in [2.45, 2.75) is 38.5 Å². The van der Waals surface area contributed by atoms with E-state index in [0.717, 1.165) is 22.8 Å². The Bertz CT molecular complexity index is 1130. The minimum atomic E-state index is -0.138. The van der Waals surface area contributed by atoms with Crippen molar-refractivity contribution in [2.24, 2.45) is 0 Å². The van der Waals surface area contributed by atoms with Crippen LogP contribution in [0.4, 0.5) is 0 Å². The van der Waals surface area contributed by atoms with Gasteiger partial charge >= 0.3 is 0 Å². The van der Waals surface area contributed by atoms with Crippen LogP contribution in [0.5, 0.6) is 0 Å². The van der Waals surface area contributed by atoms with E-state index in [0.29, 0.717) is 0 Å². The fourth-order valence-corrected chi connectivity index (χ4v) is 4.68. The molecule has 0 fully saturated rings. The van der Waals surface area contributed by atoms with Crippen molar-refractivity contribution < 1.29 is 0 Å². The molecular weight excluding hydrogens is 368 g/mol. The van der Waals surface area contributed by atoms with E-state index in [4.69, 9.17) is 0 Å². The highest BCUT2D eigenvalue weighted by atomic mass is 14.9. The maximum absolute atomic E-state index is 4.45. The van der Waals surface area contributed by atoms with Crippen LogP contribution >= 0.6 is 0 Å². The van der Waals surface area contributed by atoms with Gasteiger partial charge in [0.2, 0.25) is 0 Å². The Labute approximate surface area is 177 Å². The van der Waals surface area contributed by atoms with Gasteiger partial charge in [0.1, 0.15) is 0 Å². The second kappa shape index (κ2) is 6.56. The molecule has 30 heavy (non-hydrogen) atoms. The van der Waals surface area contributed by atoms with Crippen LogP contribution < -0.4 is 0 Å². The zero-order chi connectivity index (χ0) is 20.9. The van der Waals surface area contributed by atoms with Crippen molar-refractivity contribution in [2.75, 3.05) is 0 Å². The lowest BCUT2D eigenvalue weighted by molar-refractivity contribution is 0.521. The molecule has 4 nitrogen and oxygen atoms in total. The summed E-state index contributed by atoms with van der Waals surface area (Å²) in [4.78, 5) is 17.8. The van der Waals surface area contributed by atoms with Gasteiger partial charge in [0, 0.05) is 46.7 Å². The molecule has 1 aliphatic rings. The highest BCUT2D eigenvalue weighted by molar-refractivity contribution is 5.68. The third kappa shape index (κ3) is 2.75. The summed E-state index contributed by atoms with van der Waals surface area (Å²) in [5, 5.41) is 0. The first kappa shape index (κ1) is 18.6. The van der Waals surface area contributed by atoms with E-state index in [1.165, 1.54) is 22.3 Å². The molecule has 0 bridgehead atoms. The lowest BCUT2D eigenvalue weighted by Crippen LogP contribution is -2.36. The molecule has 0 N–H and O–H groups in total. The highest BCUT2D eigenvalue weighted by Gasteiger charge is 2.41. The molecule has 0 amide bonds. The van der Waals surface area contributed by atoms with E-state index in [-0.39, 0.29) is 10.8 Å². The third-order valence-electron chi connectivity index (χ3n) is 6.38. The molecule has 2 aromatic heterocycles. The Morgan fingerprint density at radius 3 is 1.23 bits per heavy atom. The summed E-state index contributed by atoms with van der Waals surface area (Å²) in [5.74, 6) is 1.52. The van der Waals surface area contributed by atoms with Crippen molar-refractivity contribution in [1.29, 1.82) is 0 Å². The Morgan fingerprint density at radius 1 is 0.500 bits per heavy atom. The summed E-state index contributed by atoms with van der Waals surface area (Å²) in [6, 6.07) is 17.0. The molecule has 4 heteroatoms. The van der Waals surface area contributed by atoms with Crippen LogP contribution in [0, 0.1) is 0 Å². The highest BCUT2D eigenvalue weighted by Crippen LogP contribution is 2.50. The average Bonchev–Trinajstić information content (AvgIpc) is 2.79. The van der Waals surface area contributed by atoms with Gasteiger partial charge in [-0.15, -0.1) is 0 Å². The lowest BCUT2D eigenvalue weighted by atomic mass is 9.59. The van der Waals surface area contributed by atoms with E-state index in [9.17, 15) is 0 Å². The molecule has 5 rings (SSSR count). The number of nitrogens with zero attached hydrogens (tertiary/aromatic N) is 4. The van der Waals surface area contributed by atoms with Gasteiger partial charge in [-0.1, -0.05) is 52.0 Å². The van der Waals surface area contributed by atoms with E-state index in [2.05, 4.69) is 84.0 Å². The van der Waals surface area contributed by atoms with Crippen LogP contribution in [-0.2, 0) is 10.8 Å². The van der Waals surface area contributed by atoms with Crippen molar-refractivity contribution >= 4 is 0 Å². The fourth-order valence-electron chi connectivity index (χ4n) is 4.68. The Hall–Kier alpha value is -3.40. The number of aromatic nitrogens is 4. The summed E-state index contributed by atoms with van der Waals surface area (Å²) >= 11 is 0. The van der Waals surface area contributed by atoms with E-state index >= 15 is 0 Å². The SMILES string of the molecule is CC1(C)c2ccc(-c3ncccn3)cc2C(C)(C)c2ccc(-c3ncccn3)cc21. The van der Waals surface area contributed by atoms with Crippen LogP contribution in [0.2, 0.25) is 0 Å². The van der Waals surface area contributed by atoms with Gasteiger partial charge < -0.3 is 0 Å². The minimum Gasteiger partial charge on any atom is -0.237 e. The number of hydrogen-bond acceptors (Lipinski definition) is 4. The smallest absolute Gasteiger partial charge is 0.159 e. The first-order chi connectivity index (χ1) is 14.4.